The van der Waals surface area contributed by atoms with Gasteiger partial charge in [0.1, 0.15) is 17.8 Å². The van der Waals surface area contributed by atoms with Crippen molar-refractivity contribution < 1.29 is 24.6 Å². The van der Waals surface area contributed by atoms with Crippen LogP contribution in [0, 0.1) is 0 Å². The Morgan fingerprint density at radius 2 is 1.65 bits per heavy atom. The van der Waals surface area contributed by atoms with Crippen LogP contribution >= 0.6 is 0 Å². The van der Waals surface area contributed by atoms with Crippen LogP contribution in [-0.4, -0.2) is 53.2 Å². The van der Waals surface area contributed by atoms with Gasteiger partial charge in [-0.25, -0.2) is 4.79 Å². The third-order valence-electron chi connectivity index (χ3n) is 3.77. The van der Waals surface area contributed by atoms with Gasteiger partial charge in [0.15, 0.2) is 0 Å². The predicted octanol–water partition coefficient (Wildman–Crippen LogP) is -0.923. The highest BCUT2D eigenvalue weighted by Gasteiger charge is 2.26. The van der Waals surface area contributed by atoms with E-state index in [1.54, 1.807) is 12.1 Å². The maximum atomic E-state index is 12.5. The van der Waals surface area contributed by atoms with Gasteiger partial charge in [0.2, 0.25) is 11.8 Å². The number of aromatic hydroxyl groups is 1. The van der Waals surface area contributed by atoms with Crippen LogP contribution in [-0.2, 0) is 20.8 Å². The molecule has 0 saturated carbocycles. The van der Waals surface area contributed by atoms with Gasteiger partial charge in [-0.05, 0) is 43.5 Å². The molecule has 0 spiro atoms. The van der Waals surface area contributed by atoms with E-state index in [9.17, 15) is 24.6 Å². The fourth-order valence-electron chi connectivity index (χ4n) is 2.35. The fourth-order valence-corrected chi connectivity index (χ4v) is 2.35. The van der Waals surface area contributed by atoms with Gasteiger partial charge in [-0.1, -0.05) is 12.1 Å². The molecule has 0 saturated heterocycles. The van der Waals surface area contributed by atoms with Gasteiger partial charge >= 0.3 is 5.97 Å². The molecule has 144 valence electrons. The molecule has 0 aromatic heterocycles. The molecule has 1 aromatic rings. The Kier molecular flexibility index (Phi) is 9.10. The zero-order valence-corrected chi connectivity index (χ0v) is 14.5. The lowest BCUT2D eigenvalue weighted by molar-refractivity contribution is -0.142. The molecule has 9 nitrogen and oxygen atoms in total. The number of hydrogen-bond acceptors (Lipinski definition) is 6. The number of carbonyl (C=O) groups is 3. The smallest absolute Gasteiger partial charge is 0.326 e. The Morgan fingerprint density at radius 1 is 1.00 bits per heavy atom. The van der Waals surface area contributed by atoms with Gasteiger partial charge < -0.3 is 32.3 Å². The molecule has 1 rings (SSSR count). The molecule has 0 fully saturated rings. The summed E-state index contributed by atoms with van der Waals surface area (Å²) in [5, 5.41) is 23.5. The lowest BCUT2D eigenvalue weighted by Crippen LogP contribution is -2.53. The van der Waals surface area contributed by atoms with Crippen molar-refractivity contribution in [2.45, 2.75) is 37.8 Å². The third kappa shape index (κ3) is 7.49. The minimum atomic E-state index is -1.15. The van der Waals surface area contributed by atoms with Gasteiger partial charge in [0.05, 0.1) is 6.54 Å². The zero-order valence-electron chi connectivity index (χ0n) is 14.5. The number of rotatable bonds is 11. The molecule has 0 heterocycles. The molecule has 0 radical (unpaired) electrons. The van der Waals surface area contributed by atoms with Crippen LogP contribution in [0.4, 0.5) is 0 Å². The maximum Gasteiger partial charge on any atom is 0.326 e. The highest BCUT2D eigenvalue weighted by atomic mass is 16.4. The van der Waals surface area contributed by atoms with Crippen LogP contribution in [0.1, 0.15) is 24.8 Å². The van der Waals surface area contributed by atoms with Crippen LogP contribution in [0.15, 0.2) is 24.3 Å². The van der Waals surface area contributed by atoms with Crippen molar-refractivity contribution in [3.63, 3.8) is 0 Å². The molecular weight excluding hydrogens is 340 g/mol. The number of amides is 2. The Hall–Kier alpha value is -2.65. The zero-order chi connectivity index (χ0) is 19.5. The minimum absolute atomic E-state index is 0.0755. The number of nitrogens with one attached hydrogen (secondary N) is 2. The van der Waals surface area contributed by atoms with Gasteiger partial charge in [-0.15, -0.1) is 0 Å². The quantitative estimate of drug-likeness (QED) is 0.275. The van der Waals surface area contributed by atoms with Gasteiger partial charge in [-0.2, -0.15) is 0 Å². The first kappa shape index (κ1) is 21.4. The number of unbranched alkanes of at least 4 members (excludes halogenated alkanes) is 1. The van der Waals surface area contributed by atoms with E-state index in [-0.39, 0.29) is 25.1 Å². The summed E-state index contributed by atoms with van der Waals surface area (Å²) in [6.07, 6.45) is 1.59. The summed E-state index contributed by atoms with van der Waals surface area (Å²) in [6, 6.07) is 4.10. The highest BCUT2D eigenvalue weighted by Crippen LogP contribution is 2.12. The number of phenolic OH excluding ortho intramolecular Hbond substituents is 1. The van der Waals surface area contributed by atoms with Crippen LogP contribution in [0.2, 0.25) is 0 Å². The summed E-state index contributed by atoms with van der Waals surface area (Å²) in [4.78, 5) is 35.5. The second kappa shape index (κ2) is 11.1. The molecule has 1 aromatic carbocycles. The second-order valence-electron chi connectivity index (χ2n) is 5.88. The Labute approximate surface area is 151 Å². The number of carboxylic acids is 1. The van der Waals surface area contributed by atoms with Crippen molar-refractivity contribution in [3.05, 3.63) is 29.8 Å². The Bertz CT molecular complexity index is 606. The van der Waals surface area contributed by atoms with Crippen molar-refractivity contribution in [1.82, 2.24) is 10.6 Å². The monoisotopic (exact) mass is 366 g/mol. The fraction of sp³-hybridized carbons (Fsp3) is 0.471. The van der Waals surface area contributed by atoms with Crippen molar-refractivity contribution >= 4 is 17.8 Å². The van der Waals surface area contributed by atoms with Gasteiger partial charge in [0, 0.05) is 6.42 Å². The largest absolute Gasteiger partial charge is 0.508 e. The number of phenols is 1. The number of hydrogen-bond donors (Lipinski definition) is 6. The van der Waals surface area contributed by atoms with Crippen LogP contribution in [0.3, 0.4) is 0 Å². The molecule has 0 aliphatic carbocycles. The third-order valence-corrected chi connectivity index (χ3v) is 3.77. The standard InChI is InChI=1S/C17H26N4O5/c18-8-2-1-3-13(17(25)26)21-16(24)14(20-15(23)10-19)9-11-4-6-12(22)7-5-11/h4-7,13-14,22H,1-3,8-10,18-19H2,(H,20,23)(H,21,24)(H,25,26)/t13-,14-/m0/s1. The van der Waals surface area contributed by atoms with E-state index in [1.165, 1.54) is 12.1 Å². The van der Waals surface area contributed by atoms with E-state index >= 15 is 0 Å². The van der Waals surface area contributed by atoms with Crippen LogP contribution < -0.4 is 22.1 Å². The summed E-state index contributed by atoms with van der Waals surface area (Å²) in [6.45, 7) is 0.147. The van der Waals surface area contributed by atoms with Gasteiger partial charge in [0.25, 0.3) is 0 Å². The minimum Gasteiger partial charge on any atom is -0.508 e. The lowest BCUT2D eigenvalue weighted by Gasteiger charge is -2.21. The molecule has 0 aliphatic rings. The topological polar surface area (TPSA) is 168 Å². The van der Waals surface area contributed by atoms with E-state index in [4.69, 9.17) is 11.5 Å². The first-order valence-corrected chi connectivity index (χ1v) is 8.38. The summed E-state index contributed by atoms with van der Waals surface area (Å²) in [5.74, 6) is -2.21. The molecule has 0 aliphatic heterocycles. The van der Waals surface area contributed by atoms with E-state index in [0.717, 1.165) is 0 Å². The Morgan fingerprint density at radius 3 is 2.19 bits per heavy atom. The van der Waals surface area contributed by atoms with Crippen molar-refractivity contribution in [3.8, 4) is 5.75 Å². The molecule has 26 heavy (non-hydrogen) atoms. The average Bonchev–Trinajstić information content (AvgIpc) is 2.61. The highest BCUT2D eigenvalue weighted by molar-refractivity contribution is 5.91. The van der Waals surface area contributed by atoms with E-state index in [0.29, 0.717) is 24.9 Å². The molecule has 8 N–H and O–H groups in total. The number of carboxylic acid groups (broad SMARTS) is 1. The average molecular weight is 366 g/mol. The summed E-state index contributed by atoms with van der Waals surface area (Å²) < 4.78 is 0. The molecule has 0 bridgehead atoms. The Balaban J connectivity index is 2.82. The molecule has 9 heteroatoms. The first-order valence-electron chi connectivity index (χ1n) is 8.38. The van der Waals surface area contributed by atoms with Crippen LogP contribution in [0.25, 0.3) is 0 Å². The summed E-state index contributed by atoms with van der Waals surface area (Å²) >= 11 is 0. The maximum absolute atomic E-state index is 12.5. The molecular formula is C17H26N4O5. The normalized spacial score (nSPS) is 12.8. The molecule has 0 unspecified atom stereocenters. The summed E-state index contributed by atoms with van der Waals surface area (Å²) in [7, 11) is 0. The lowest BCUT2D eigenvalue weighted by atomic mass is 10.0. The number of nitrogens with two attached hydrogens (primary N) is 2. The molecule has 2 amide bonds. The van der Waals surface area contributed by atoms with Crippen molar-refractivity contribution in [2.24, 2.45) is 11.5 Å². The predicted molar refractivity (Wildman–Crippen MR) is 95.3 cm³/mol. The first-order chi connectivity index (χ1) is 12.4. The van der Waals surface area contributed by atoms with E-state index in [1.807, 2.05) is 0 Å². The van der Waals surface area contributed by atoms with E-state index < -0.39 is 29.9 Å². The molecule has 2 atom stereocenters. The summed E-state index contributed by atoms with van der Waals surface area (Å²) in [5.41, 5.74) is 11.4. The number of aliphatic carboxylic acids is 1. The van der Waals surface area contributed by atoms with E-state index in [2.05, 4.69) is 10.6 Å². The number of carbonyl (C=O) groups excluding carboxylic acids is 2. The second-order valence-corrected chi connectivity index (χ2v) is 5.88. The van der Waals surface area contributed by atoms with Crippen molar-refractivity contribution in [1.29, 1.82) is 0 Å². The van der Waals surface area contributed by atoms with Crippen molar-refractivity contribution in [2.75, 3.05) is 13.1 Å². The van der Waals surface area contributed by atoms with Crippen LogP contribution in [0.5, 0.6) is 5.75 Å². The van der Waals surface area contributed by atoms with Gasteiger partial charge in [-0.3, -0.25) is 9.59 Å². The number of benzene rings is 1. The SMILES string of the molecule is NCCCC[C@H](NC(=O)[C@H](Cc1ccc(O)cc1)NC(=O)CN)C(=O)O.